The summed E-state index contributed by atoms with van der Waals surface area (Å²) >= 11 is 0. The van der Waals surface area contributed by atoms with Crippen LogP contribution in [0.3, 0.4) is 0 Å². The molecule has 0 spiro atoms. The van der Waals surface area contributed by atoms with Crippen LogP contribution < -0.4 is 0 Å². The quantitative estimate of drug-likeness (QED) is 0.643. The van der Waals surface area contributed by atoms with Gasteiger partial charge in [0.15, 0.2) is 0 Å². The Morgan fingerprint density at radius 1 is 1.58 bits per heavy atom. The van der Waals surface area contributed by atoms with Crippen LogP contribution >= 0.6 is 0 Å². The molecular weight excluding hydrogens is 150 g/mol. The lowest BCUT2D eigenvalue weighted by atomic mass is 10.0. The molecule has 2 unspecified atom stereocenters. The lowest BCUT2D eigenvalue weighted by molar-refractivity contribution is 0.184. The van der Waals surface area contributed by atoms with E-state index in [1.807, 2.05) is 6.92 Å². The molecule has 0 aromatic carbocycles. The molecule has 0 aromatic rings. The summed E-state index contributed by atoms with van der Waals surface area (Å²) in [6.45, 7) is 6.76. The third kappa shape index (κ3) is 2.08. The fourth-order valence-corrected chi connectivity index (χ4v) is 1.82. The van der Waals surface area contributed by atoms with E-state index in [9.17, 15) is 0 Å². The zero-order valence-electron chi connectivity index (χ0n) is 8.03. The molecule has 0 aliphatic carbocycles. The second kappa shape index (κ2) is 4.63. The van der Waals surface area contributed by atoms with Crippen molar-refractivity contribution >= 4 is 0 Å². The molecule has 0 saturated carbocycles. The molecule has 70 valence electrons. The highest BCUT2D eigenvalue weighted by molar-refractivity contribution is 4.89. The highest BCUT2D eigenvalue weighted by Gasteiger charge is 2.28. The fraction of sp³-hybridized carbons (Fsp3) is 0.800. The van der Waals surface area contributed by atoms with Crippen LogP contribution in [0.2, 0.25) is 0 Å². The second-order valence-corrected chi connectivity index (χ2v) is 3.54. The first-order valence-electron chi connectivity index (χ1n) is 4.75. The summed E-state index contributed by atoms with van der Waals surface area (Å²) in [5.41, 5.74) is 0. The average Bonchev–Trinajstić information content (AvgIpc) is 2.43. The number of aliphatic hydroxyl groups is 1. The van der Waals surface area contributed by atoms with Crippen molar-refractivity contribution in [1.82, 2.24) is 4.90 Å². The molecule has 1 heterocycles. The zero-order chi connectivity index (χ0) is 8.97. The molecule has 0 radical (unpaired) electrons. The topological polar surface area (TPSA) is 23.5 Å². The molecule has 0 amide bonds. The molecule has 1 fully saturated rings. The molecule has 2 nitrogen and oxygen atoms in total. The summed E-state index contributed by atoms with van der Waals surface area (Å²) in [5, 5.41) is 9.03. The van der Waals surface area contributed by atoms with Gasteiger partial charge in [-0.05, 0) is 32.7 Å². The third-order valence-electron chi connectivity index (χ3n) is 2.86. The van der Waals surface area contributed by atoms with Crippen molar-refractivity contribution < 1.29 is 5.11 Å². The van der Waals surface area contributed by atoms with Crippen molar-refractivity contribution in [2.75, 3.05) is 19.7 Å². The minimum absolute atomic E-state index is 0.341. The summed E-state index contributed by atoms with van der Waals surface area (Å²) < 4.78 is 0. The van der Waals surface area contributed by atoms with Gasteiger partial charge in [-0.1, -0.05) is 12.2 Å². The number of likely N-dealkylation sites (tertiary alicyclic amines) is 1. The first kappa shape index (κ1) is 9.75. The molecule has 1 rings (SSSR count). The van der Waals surface area contributed by atoms with Crippen LogP contribution in [0.15, 0.2) is 12.2 Å². The maximum Gasteiger partial charge on any atom is 0.0474 e. The van der Waals surface area contributed by atoms with Crippen molar-refractivity contribution in [3.05, 3.63) is 12.2 Å². The first-order valence-corrected chi connectivity index (χ1v) is 4.75. The molecule has 12 heavy (non-hydrogen) atoms. The van der Waals surface area contributed by atoms with Crippen LogP contribution in [0, 0.1) is 5.92 Å². The van der Waals surface area contributed by atoms with E-state index in [0.29, 0.717) is 18.6 Å². The van der Waals surface area contributed by atoms with E-state index < -0.39 is 0 Å². The molecule has 1 saturated heterocycles. The van der Waals surface area contributed by atoms with Crippen LogP contribution in [-0.4, -0.2) is 35.7 Å². The zero-order valence-corrected chi connectivity index (χ0v) is 8.03. The van der Waals surface area contributed by atoms with Gasteiger partial charge in [0, 0.05) is 19.2 Å². The lowest BCUT2D eigenvalue weighted by Gasteiger charge is -2.21. The number of allylic oxidation sites excluding steroid dienone is 1. The van der Waals surface area contributed by atoms with Gasteiger partial charge in [-0.3, -0.25) is 4.90 Å². The van der Waals surface area contributed by atoms with E-state index in [4.69, 9.17) is 5.11 Å². The number of hydrogen-bond donors (Lipinski definition) is 1. The SMILES string of the molecule is C/C=C/CN1CCC(CO)C1C. The van der Waals surface area contributed by atoms with E-state index in [-0.39, 0.29) is 0 Å². The van der Waals surface area contributed by atoms with Crippen LogP contribution in [0.5, 0.6) is 0 Å². The van der Waals surface area contributed by atoms with Crippen molar-refractivity contribution in [3.63, 3.8) is 0 Å². The normalized spacial score (nSPS) is 31.9. The van der Waals surface area contributed by atoms with E-state index >= 15 is 0 Å². The van der Waals surface area contributed by atoms with Gasteiger partial charge in [-0.15, -0.1) is 0 Å². The molecule has 2 atom stereocenters. The molecule has 2 heteroatoms. The van der Waals surface area contributed by atoms with Crippen molar-refractivity contribution in [2.45, 2.75) is 26.3 Å². The van der Waals surface area contributed by atoms with Crippen molar-refractivity contribution in [3.8, 4) is 0 Å². The third-order valence-corrected chi connectivity index (χ3v) is 2.86. The number of aliphatic hydroxyl groups excluding tert-OH is 1. The van der Waals surface area contributed by atoms with Crippen LogP contribution in [0.1, 0.15) is 20.3 Å². The molecule has 1 aliphatic rings. The van der Waals surface area contributed by atoms with E-state index in [1.54, 1.807) is 0 Å². The van der Waals surface area contributed by atoms with Gasteiger partial charge in [0.05, 0.1) is 0 Å². The Bertz CT molecular complexity index is 156. The minimum atomic E-state index is 0.341. The van der Waals surface area contributed by atoms with Crippen molar-refractivity contribution in [1.29, 1.82) is 0 Å². The maximum atomic E-state index is 9.03. The Morgan fingerprint density at radius 3 is 2.83 bits per heavy atom. The average molecular weight is 169 g/mol. The monoisotopic (exact) mass is 169 g/mol. The molecule has 0 bridgehead atoms. The number of rotatable bonds is 3. The van der Waals surface area contributed by atoms with E-state index in [0.717, 1.165) is 19.5 Å². The van der Waals surface area contributed by atoms with E-state index in [2.05, 4.69) is 24.0 Å². The Labute approximate surface area is 74.9 Å². The molecular formula is C10H19NO. The first-order chi connectivity index (χ1) is 5.79. The van der Waals surface area contributed by atoms with Gasteiger partial charge in [0.25, 0.3) is 0 Å². The summed E-state index contributed by atoms with van der Waals surface area (Å²) in [7, 11) is 0. The van der Waals surface area contributed by atoms with E-state index in [1.165, 1.54) is 0 Å². The smallest absolute Gasteiger partial charge is 0.0474 e. The van der Waals surface area contributed by atoms with Gasteiger partial charge >= 0.3 is 0 Å². The van der Waals surface area contributed by atoms with Crippen LogP contribution in [0.25, 0.3) is 0 Å². The highest BCUT2D eigenvalue weighted by atomic mass is 16.3. The van der Waals surface area contributed by atoms with Crippen LogP contribution in [-0.2, 0) is 0 Å². The summed E-state index contributed by atoms with van der Waals surface area (Å²) in [6, 6.07) is 0.547. The Morgan fingerprint density at radius 2 is 2.33 bits per heavy atom. The van der Waals surface area contributed by atoms with Gasteiger partial charge in [-0.25, -0.2) is 0 Å². The van der Waals surface area contributed by atoms with Gasteiger partial charge in [-0.2, -0.15) is 0 Å². The van der Waals surface area contributed by atoms with Gasteiger partial charge in [0.1, 0.15) is 0 Å². The number of hydrogen-bond acceptors (Lipinski definition) is 2. The predicted octanol–water partition coefficient (Wildman–Crippen LogP) is 1.27. The fourth-order valence-electron chi connectivity index (χ4n) is 1.82. The second-order valence-electron chi connectivity index (χ2n) is 3.54. The molecule has 1 N–H and O–H groups in total. The maximum absolute atomic E-state index is 9.03. The van der Waals surface area contributed by atoms with Gasteiger partial charge in [0.2, 0.25) is 0 Å². The summed E-state index contributed by atoms with van der Waals surface area (Å²) in [5.74, 6) is 0.496. The molecule has 1 aliphatic heterocycles. The lowest BCUT2D eigenvalue weighted by Crippen LogP contribution is -2.31. The highest BCUT2D eigenvalue weighted by Crippen LogP contribution is 2.22. The largest absolute Gasteiger partial charge is 0.396 e. The predicted molar refractivity (Wildman–Crippen MR) is 51.0 cm³/mol. The standard InChI is InChI=1S/C10H19NO/c1-3-4-6-11-7-5-10(8-12)9(11)2/h3-4,9-10,12H,5-8H2,1-2H3/b4-3+. The Hall–Kier alpha value is -0.340. The summed E-state index contributed by atoms with van der Waals surface area (Å²) in [6.07, 6.45) is 5.41. The minimum Gasteiger partial charge on any atom is -0.396 e. The Kier molecular flexibility index (Phi) is 3.76. The Balaban J connectivity index is 2.38. The van der Waals surface area contributed by atoms with Crippen molar-refractivity contribution in [2.24, 2.45) is 5.92 Å². The van der Waals surface area contributed by atoms with Gasteiger partial charge < -0.3 is 5.11 Å². The number of nitrogens with zero attached hydrogens (tertiary/aromatic N) is 1. The molecule has 0 aromatic heterocycles. The van der Waals surface area contributed by atoms with Crippen LogP contribution in [0.4, 0.5) is 0 Å². The summed E-state index contributed by atoms with van der Waals surface area (Å²) in [4.78, 5) is 2.42.